The Morgan fingerprint density at radius 2 is 0.489 bits per heavy atom. The van der Waals surface area contributed by atoms with Crippen LogP contribution in [0.25, 0.3) is 0 Å². The molecule has 0 radical (unpaired) electrons. The number of carbonyl (C=O) groups excluding carboxylic acids is 14. The zero-order valence-corrected chi connectivity index (χ0v) is 51.7. The van der Waals surface area contributed by atoms with Crippen molar-refractivity contribution in [3.05, 3.63) is 0 Å². The summed E-state index contributed by atoms with van der Waals surface area (Å²) in [6, 6.07) is -3.24. The van der Waals surface area contributed by atoms with Crippen LogP contribution < -0.4 is 10.6 Å². The van der Waals surface area contributed by atoms with E-state index >= 15 is 0 Å². The second-order valence-electron chi connectivity index (χ2n) is 20.4. The number of amides is 2. The van der Waals surface area contributed by atoms with E-state index in [0.717, 1.165) is 96.9 Å². The van der Waals surface area contributed by atoms with Gasteiger partial charge in [0.2, 0.25) is 11.8 Å². The Bertz CT molecular complexity index is 2430. The molecule has 0 aromatic carbocycles. The fourth-order valence-electron chi connectivity index (χ4n) is 9.76. The molecule has 4 fully saturated rings. The normalized spacial score (nSPS) is 31.2. The molecule has 0 spiro atoms. The minimum absolute atomic E-state index is 0.608. The predicted molar refractivity (Wildman–Crippen MR) is 282 cm³/mol. The molecule has 0 aromatic rings. The standard InChI is InChI=1S/C54H76N2O34/c1-21(57)55-39-45(79-29(9)65)41(89-53-49(83-33(13)69)47(81-31(11)67)43(77-27(7)63)37(87-53)19-75-25(5)61)35(17-73-23(3)59)85-51(39)71-15-16-72-52-40(56-22(2)58)46(80-30(10)66)42(36(86-52)18-74-24(4)60)90-54-50(84-34(14)70)48(82-32(12)68)44(78-28(8)64)38(88-54)20-76-26(6)62/h35-54H,15-20H2,1-14H3,(H,55,57)(H,56,58)/t35-,36-,37-,38-,39-,40-,41-,42-,43+,44+,45-,46-,47+,48+,49-,50-,51-,52-,53+,54+/m1/s1. The third-order valence-corrected chi connectivity index (χ3v) is 12.7. The fraction of sp³-hybridized carbons (Fsp3) is 0.741. The lowest BCUT2D eigenvalue weighted by Crippen LogP contribution is -2.69. The topological polar surface area (TPSA) is 448 Å². The van der Waals surface area contributed by atoms with Crippen molar-refractivity contribution in [2.75, 3.05) is 39.6 Å². The molecule has 0 unspecified atom stereocenters. The van der Waals surface area contributed by atoms with Gasteiger partial charge in [0.25, 0.3) is 0 Å². The van der Waals surface area contributed by atoms with Crippen LogP contribution in [0.5, 0.6) is 0 Å². The average Bonchev–Trinajstić information content (AvgIpc) is 0.812. The van der Waals surface area contributed by atoms with Crippen molar-refractivity contribution >= 4 is 83.4 Å². The first-order valence-electron chi connectivity index (χ1n) is 27.8. The van der Waals surface area contributed by atoms with Crippen LogP contribution in [-0.4, -0.2) is 246 Å². The maximum atomic E-state index is 13.1. The quantitative estimate of drug-likeness (QED) is 0.0484. The highest BCUT2D eigenvalue weighted by molar-refractivity contribution is 5.75. The SMILES string of the molecule is CC(=O)N[C@H]1[C@H](OCCO[C@@H]2O[C@H](COC(C)=O)[C@@H](O[C@@H]3O[C@H](COC(C)=O)[C@H](OC(C)=O)[C@H](OC(C)=O)[C@H]3OC(C)=O)[C@H](OC(C)=O)[C@H]2NC(C)=O)O[C@H](COC(C)=O)[C@@H](O[C@@H]2O[C@H](COC(C)=O)[C@H](OC(C)=O)[C@H](OC(C)=O)[C@H]2OC(C)=O)[C@@H]1OC(C)=O. The third-order valence-electron chi connectivity index (χ3n) is 12.7. The monoisotopic (exact) mass is 1300 g/mol. The second kappa shape index (κ2) is 35.0. The van der Waals surface area contributed by atoms with E-state index in [2.05, 4.69) is 10.6 Å². The smallest absolute Gasteiger partial charge is 0.303 e. The Hall–Kier alpha value is -7.74. The molecular formula is C54H76N2O34. The number of hydrogen-bond acceptors (Lipinski definition) is 34. The molecule has 90 heavy (non-hydrogen) atoms. The zero-order valence-electron chi connectivity index (χ0n) is 51.7. The molecule has 4 aliphatic rings. The highest BCUT2D eigenvalue weighted by atomic mass is 16.8. The van der Waals surface area contributed by atoms with Gasteiger partial charge in [-0.05, 0) is 0 Å². The van der Waals surface area contributed by atoms with E-state index in [-0.39, 0.29) is 0 Å². The Morgan fingerprint density at radius 3 is 0.733 bits per heavy atom. The Kier molecular flexibility index (Phi) is 29.1. The van der Waals surface area contributed by atoms with Crippen LogP contribution >= 0.6 is 0 Å². The molecule has 4 saturated heterocycles. The average molecular weight is 1300 g/mol. The van der Waals surface area contributed by atoms with E-state index in [1.165, 1.54) is 0 Å². The van der Waals surface area contributed by atoms with Gasteiger partial charge in [-0.3, -0.25) is 67.1 Å². The van der Waals surface area contributed by atoms with Crippen molar-refractivity contribution in [1.29, 1.82) is 0 Å². The van der Waals surface area contributed by atoms with Crippen LogP contribution in [0.2, 0.25) is 0 Å². The lowest BCUT2D eigenvalue weighted by molar-refractivity contribution is -0.354. The molecule has 2 amide bonds. The van der Waals surface area contributed by atoms with Gasteiger partial charge in [0, 0.05) is 96.9 Å². The summed E-state index contributed by atoms with van der Waals surface area (Å²) in [5, 5.41) is 5.12. The summed E-state index contributed by atoms with van der Waals surface area (Å²) in [5.74, 6) is -13.0. The molecule has 0 aliphatic carbocycles. The van der Waals surface area contributed by atoms with Crippen LogP contribution in [0.4, 0.5) is 0 Å². The zero-order chi connectivity index (χ0) is 67.4. The summed E-state index contributed by atoms with van der Waals surface area (Å²) < 4.78 is 116. The molecule has 4 rings (SSSR count). The van der Waals surface area contributed by atoms with Gasteiger partial charge in [-0.1, -0.05) is 0 Å². The highest BCUT2D eigenvalue weighted by Crippen LogP contribution is 2.37. The number of ether oxygens (including phenoxy) is 20. The number of hydrogen-bond donors (Lipinski definition) is 2. The molecule has 36 nitrogen and oxygen atoms in total. The van der Waals surface area contributed by atoms with Gasteiger partial charge in [0.05, 0.1) is 13.2 Å². The summed E-state index contributed by atoms with van der Waals surface area (Å²) in [6.07, 6.45) is -31.4. The van der Waals surface area contributed by atoms with Gasteiger partial charge in [-0.2, -0.15) is 0 Å². The minimum atomic E-state index is -1.97. The number of nitrogens with one attached hydrogen (secondary N) is 2. The van der Waals surface area contributed by atoms with E-state index in [1.54, 1.807) is 0 Å². The van der Waals surface area contributed by atoms with E-state index in [9.17, 15) is 67.1 Å². The van der Waals surface area contributed by atoms with Crippen LogP contribution in [0.15, 0.2) is 0 Å². The number of esters is 12. The summed E-state index contributed by atoms with van der Waals surface area (Å²) in [7, 11) is 0. The van der Waals surface area contributed by atoms with E-state index in [4.69, 9.17) is 94.7 Å². The van der Waals surface area contributed by atoms with Gasteiger partial charge in [-0.25, -0.2) is 0 Å². The summed E-state index contributed by atoms with van der Waals surface area (Å²) in [4.78, 5) is 177. The number of carbonyl (C=O) groups is 14. The first-order chi connectivity index (χ1) is 42.1. The van der Waals surface area contributed by atoms with Crippen molar-refractivity contribution in [1.82, 2.24) is 10.6 Å². The molecule has 0 saturated carbocycles. The van der Waals surface area contributed by atoms with Gasteiger partial charge >= 0.3 is 71.6 Å². The molecule has 0 bridgehead atoms. The fourth-order valence-corrected chi connectivity index (χ4v) is 9.76. The van der Waals surface area contributed by atoms with Gasteiger partial charge in [0.15, 0.2) is 74.0 Å². The van der Waals surface area contributed by atoms with Crippen molar-refractivity contribution in [3.63, 3.8) is 0 Å². The lowest BCUT2D eigenvalue weighted by atomic mass is 9.94. The summed E-state index contributed by atoms with van der Waals surface area (Å²) in [5.41, 5.74) is 0. The summed E-state index contributed by atoms with van der Waals surface area (Å²) in [6.45, 7) is 10.0. The Morgan fingerprint density at radius 1 is 0.267 bits per heavy atom. The van der Waals surface area contributed by atoms with Crippen molar-refractivity contribution < 1.29 is 162 Å². The Balaban J connectivity index is 1.78. The van der Waals surface area contributed by atoms with Crippen LogP contribution in [0.1, 0.15) is 96.9 Å². The molecular weight excluding hydrogens is 1220 g/mol. The first kappa shape index (κ1) is 74.7. The highest BCUT2D eigenvalue weighted by Gasteiger charge is 2.59. The molecule has 506 valence electrons. The first-order valence-corrected chi connectivity index (χ1v) is 27.8. The number of rotatable bonds is 27. The second-order valence-corrected chi connectivity index (χ2v) is 20.4. The van der Waals surface area contributed by atoms with Crippen molar-refractivity contribution in [2.24, 2.45) is 0 Å². The van der Waals surface area contributed by atoms with Gasteiger partial charge in [-0.15, -0.1) is 0 Å². The van der Waals surface area contributed by atoms with Crippen LogP contribution in [-0.2, 0) is 162 Å². The molecule has 36 heteroatoms. The third kappa shape index (κ3) is 23.3. The van der Waals surface area contributed by atoms with E-state index in [1.807, 2.05) is 0 Å². The molecule has 4 aliphatic heterocycles. The molecule has 20 atom stereocenters. The van der Waals surface area contributed by atoms with Crippen molar-refractivity contribution in [3.8, 4) is 0 Å². The maximum Gasteiger partial charge on any atom is 0.303 e. The predicted octanol–water partition coefficient (Wildman–Crippen LogP) is -2.60. The minimum Gasteiger partial charge on any atom is -0.463 e. The van der Waals surface area contributed by atoms with Crippen molar-refractivity contribution in [2.45, 2.75) is 220 Å². The van der Waals surface area contributed by atoms with E-state index < -0.39 is 246 Å². The van der Waals surface area contributed by atoms with Gasteiger partial charge < -0.3 is 105 Å². The molecule has 0 aromatic heterocycles. The van der Waals surface area contributed by atoms with E-state index in [0.29, 0.717) is 0 Å². The van der Waals surface area contributed by atoms with Crippen LogP contribution in [0, 0.1) is 0 Å². The van der Waals surface area contributed by atoms with Crippen LogP contribution in [0.3, 0.4) is 0 Å². The Labute approximate surface area is 514 Å². The molecule has 4 heterocycles. The summed E-state index contributed by atoms with van der Waals surface area (Å²) >= 11 is 0. The molecule has 2 N–H and O–H groups in total. The van der Waals surface area contributed by atoms with Gasteiger partial charge in [0.1, 0.15) is 75.1 Å². The maximum absolute atomic E-state index is 13.1. The largest absolute Gasteiger partial charge is 0.463 e. The lowest BCUT2D eigenvalue weighted by Gasteiger charge is -2.49.